The van der Waals surface area contributed by atoms with Crippen molar-refractivity contribution in [1.29, 1.82) is 0 Å². The SMILES string of the molecule is CCNC(=NCc1ccsc1)NCCCCn1ccccc1=O.I. The summed E-state index contributed by atoms with van der Waals surface area (Å²) in [6.07, 6.45) is 3.78. The van der Waals surface area contributed by atoms with Gasteiger partial charge in [0.2, 0.25) is 5.56 Å². The second-order valence-electron chi connectivity index (χ2n) is 5.19. The van der Waals surface area contributed by atoms with Crippen LogP contribution >= 0.6 is 35.3 Å². The summed E-state index contributed by atoms with van der Waals surface area (Å²) in [5.41, 5.74) is 1.29. The van der Waals surface area contributed by atoms with Crippen LogP contribution in [0, 0.1) is 0 Å². The number of aromatic nitrogens is 1. The molecule has 0 aliphatic carbocycles. The normalized spacial score (nSPS) is 11.0. The van der Waals surface area contributed by atoms with Crippen molar-refractivity contribution in [2.24, 2.45) is 4.99 Å². The fraction of sp³-hybridized carbons (Fsp3) is 0.412. The Hall–Kier alpha value is -1.35. The van der Waals surface area contributed by atoms with E-state index in [0.29, 0.717) is 6.54 Å². The Balaban J connectivity index is 0.00000288. The first-order valence-corrected chi connectivity index (χ1v) is 8.92. The molecule has 2 heterocycles. The molecule has 0 aliphatic rings. The van der Waals surface area contributed by atoms with Crippen LogP contribution in [-0.2, 0) is 13.1 Å². The molecule has 0 aromatic carbocycles. The van der Waals surface area contributed by atoms with Crippen LogP contribution in [-0.4, -0.2) is 23.6 Å². The molecule has 0 fully saturated rings. The number of pyridine rings is 1. The molecule has 0 aliphatic heterocycles. The highest BCUT2D eigenvalue weighted by Gasteiger charge is 1.98. The van der Waals surface area contributed by atoms with Gasteiger partial charge >= 0.3 is 0 Å². The average Bonchev–Trinajstić information content (AvgIpc) is 3.07. The lowest BCUT2D eigenvalue weighted by atomic mass is 10.3. The standard InChI is InChI=1S/C17H24N4OS.HI/c1-2-18-17(20-13-15-8-12-23-14-15)19-9-4-6-11-21-10-5-3-7-16(21)22;/h3,5,7-8,10,12,14H,2,4,6,9,11,13H2,1H3,(H2,18,19,20);1H. The molecule has 0 amide bonds. The molecule has 2 rings (SSSR count). The van der Waals surface area contributed by atoms with E-state index in [1.54, 1.807) is 28.0 Å². The molecule has 0 bridgehead atoms. The molecule has 7 heteroatoms. The van der Waals surface area contributed by atoms with E-state index in [4.69, 9.17) is 0 Å². The number of halogens is 1. The Kier molecular flexibility index (Phi) is 10.4. The zero-order valence-corrected chi connectivity index (χ0v) is 17.1. The van der Waals surface area contributed by atoms with Gasteiger partial charge in [-0.2, -0.15) is 11.3 Å². The number of unbranched alkanes of at least 4 members (excludes halogenated alkanes) is 1. The van der Waals surface area contributed by atoms with Gasteiger partial charge in [-0.15, -0.1) is 24.0 Å². The number of nitrogens with zero attached hydrogens (tertiary/aromatic N) is 2. The molecule has 0 atom stereocenters. The molecule has 2 aromatic rings. The van der Waals surface area contributed by atoms with Crippen molar-refractivity contribution in [3.63, 3.8) is 0 Å². The van der Waals surface area contributed by atoms with Crippen molar-refractivity contribution < 1.29 is 0 Å². The summed E-state index contributed by atoms with van der Waals surface area (Å²) >= 11 is 1.69. The lowest BCUT2D eigenvalue weighted by Gasteiger charge is -2.11. The summed E-state index contributed by atoms with van der Waals surface area (Å²) in [7, 11) is 0. The Morgan fingerprint density at radius 2 is 2.12 bits per heavy atom. The summed E-state index contributed by atoms with van der Waals surface area (Å²) in [4.78, 5) is 16.2. The number of hydrogen-bond acceptors (Lipinski definition) is 3. The second-order valence-corrected chi connectivity index (χ2v) is 5.97. The van der Waals surface area contributed by atoms with Crippen molar-refractivity contribution >= 4 is 41.3 Å². The highest BCUT2D eigenvalue weighted by atomic mass is 127. The van der Waals surface area contributed by atoms with Crippen molar-refractivity contribution in [2.45, 2.75) is 32.9 Å². The molecule has 0 radical (unpaired) electrons. The molecule has 0 saturated heterocycles. The van der Waals surface area contributed by atoms with Gasteiger partial charge in [-0.05, 0) is 48.2 Å². The van der Waals surface area contributed by atoms with Gasteiger partial charge in [0, 0.05) is 31.9 Å². The van der Waals surface area contributed by atoms with E-state index in [1.165, 1.54) is 5.56 Å². The van der Waals surface area contributed by atoms with Crippen LogP contribution in [0.1, 0.15) is 25.3 Å². The van der Waals surface area contributed by atoms with Gasteiger partial charge in [-0.3, -0.25) is 4.79 Å². The van der Waals surface area contributed by atoms with Crippen LogP contribution in [0.25, 0.3) is 0 Å². The fourth-order valence-corrected chi connectivity index (χ4v) is 2.81. The highest BCUT2D eigenvalue weighted by Crippen LogP contribution is 2.06. The number of guanidine groups is 1. The molecular formula is C17H25IN4OS. The Bertz CT molecular complexity index is 655. The highest BCUT2D eigenvalue weighted by molar-refractivity contribution is 14.0. The molecule has 0 saturated carbocycles. The predicted molar refractivity (Wildman–Crippen MR) is 112 cm³/mol. The first-order valence-electron chi connectivity index (χ1n) is 7.98. The quantitative estimate of drug-likeness (QED) is 0.276. The van der Waals surface area contributed by atoms with E-state index < -0.39 is 0 Å². The third-order valence-electron chi connectivity index (χ3n) is 3.36. The van der Waals surface area contributed by atoms with Crippen molar-refractivity contribution in [3.05, 3.63) is 57.1 Å². The van der Waals surface area contributed by atoms with E-state index in [9.17, 15) is 4.79 Å². The maximum atomic E-state index is 11.6. The summed E-state index contributed by atoms with van der Waals surface area (Å²) in [6.45, 7) is 5.19. The van der Waals surface area contributed by atoms with Gasteiger partial charge in [0.15, 0.2) is 5.96 Å². The monoisotopic (exact) mass is 460 g/mol. The average molecular weight is 460 g/mol. The molecule has 5 nitrogen and oxygen atoms in total. The van der Waals surface area contributed by atoms with Gasteiger partial charge in [0.25, 0.3) is 0 Å². The summed E-state index contributed by atoms with van der Waals surface area (Å²) in [6, 6.07) is 7.35. The minimum absolute atomic E-state index is 0. The van der Waals surface area contributed by atoms with Crippen LogP contribution < -0.4 is 16.2 Å². The zero-order valence-electron chi connectivity index (χ0n) is 13.9. The number of aliphatic imine (C=N–C) groups is 1. The summed E-state index contributed by atoms with van der Waals surface area (Å²) in [5.74, 6) is 0.843. The van der Waals surface area contributed by atoms with Gasteiger partial charge < -0.3 is 15.2 Å². The molecule has 2 aromatic heterocycles. The first-order chi connectivity index (χ1) is 11.3. The van der Waals surface area contributed by atoms with Crippen molar-refractivity contribution in [1.82, 2.24) is 15.2 Å². The lowest BCUT2D eigenvalue weighted by Crippen LogP contribution is -2.37. The second kappa shape index (κ2) is 12.1. The van der Waals surface area contributed by atoms with Gasteiger partial charge in [0.05, 0.1) is 6.54 Å². The van der Waals surface area contributed by atoms with Crippen LogP contribution in [0.2, 0.25) is 0 Å². The van der Waals surface area contributed by atoms with Crippen molar-refractivity contribution in [2.75, 3.05) is 13.1 Å². The number of thiophene rings is 1. The predicted octanol–water partition coefficient (Wildman–Crippen LogP) is 3.06. The maximum Gasteiger partial charge on any atom is 0.250 e. The number of nitrogens with one attached hydrogen (secondary N) is 2. The first kappa shape index (κ1) is 20.7. The Morgan fingerprint density at radius 3 is 2.83 bits per heavy atom. The van der Waals surface area contributed by atoms with E-state index >= 15 is 0 Å². The van der Waals surface area contributed by atoms with Gasteiger partial charge in [-0.25, -0.2) is 4.99 Å². The summed E-state index contributed by atoms with van der Waals surface area (Å²) < 4.78 is 1.75. The van der Waals surface area contributed by atoms with Gasteiger partial charge in [0.1, 0.15) is 0 Å². The molecule has 24 heavy (non-hydrogen) atoms. The fourth-order valence-electron chi connectivity index (χ4n) is 2.15. The van der Waals surface area contributed by atoms with E-state index in [1.807, 2.05) is 12.3 Å². The third-order valence-corrected chi connectivity index (χ3v) is 4.09. The van der Waals surface area contributed by atoms with E-state index in [2.05, 4.69) is 39.4 Å². The number of aryl methyl sites for hydroxylation is 1. The van der Waals surface area contributed by atoms with Gasteiger partial charge in [-0.1, -0.05) is 6.07 Å². The largest absolute Gasteiger partial charge is 0.357 e. The van der Waals surface area contributed by atoms with Crippen LogP contribution in [0.5, 0.6) is 0 Å². The third kappa shape index (κ3) is 7.48. The summed E-state index contributed by atoms with van der Waals surface area (Å²) in [5, 5.41) is 10.8. The lowest BCUT2D eigenvalue weighted by molar-refractivity contribution is 0.585. The Morgan fingerprint density at radius 1 is 1.25 bits per heavy atom. The molecule has 0 unspecified atom stereocenters. The van der Waals surface area contributed by atoms with E-state index in [0.717, 1.165) is 38.4 Å². The number of hydrogen-bond donors (Lipinski definition) is 2. The van der Waals surface area contributed by atoms with Crippen LogP contribution in [0.3, 0.4) is 0 Å². The maximum absolute atomic E-state index is 11.6. The van der Waals surface area contributed by atoms with Crippen molar-refractivity contribution in [3.8, 4) is 0 Å². The number of rotatable bonds is 8. The Labute approximate surface area is 164 Å². The topological polar surface area (TPSA) is 58.4 Å². The smallest absolute Gasteiger partial charge is 0.250 e. The van der Waals surface area contributed by atoms with Crippen LogP contribution in [0.4, 0.5) is 0 Å². The minimum Gasteiger partial charge on any atom is -0.357 e. The molecule has 0 spiro atoms. The van der Waals surface area contributed by atoms with E-state index in [-0.39, 0.29) is 29.5 Å². The zero-order chi connectivity index (χ0) is 16.3. The molecule has 132 valence electrons. The molecule has 2 N–H and O–H groups in total. The minimum atomic E-state index is 0. The molecular weight excluding hydrogens is 435 g/mol. The van der Waals surface area contributed by atoms with Crippen LogP contribution in [0.15, 0.2) is 51.0 Å².